The Balaban J connectivity index is 2.08. The fourth-order valence-corrected chi connectivity index (χ4v) is 1.65. The predicted molar refractivity (Wildman–Crippen MR) is 63.2 cm³/mol. The van der Waals surface area contributed by atoms with Crippen LogP contribution in [0.2, 0.25) is 0 Å². The number of carbonyl (C=O) groups excluding carboxylic acids is 1. The van der Waals surface area contributed by atoms with E-state index in [1.165, 1.54) is 6.26 Å². The van der Waals surface area contributed by atoms with Crippen LogP contribution in [0.15, 0.2) is 39.4 Å². The maximum Gasteiger partial charge on any atom is 0.198 e. The van der Waals surface area contributed by atoms with E-state index in [0.717, 1.165) is 16.3 Å². The Morgan fingerprint density at radius 3 is 2.75 bits per heavy atom. The van der Waals surface area contributed by atoms with Gasteiger partial charge in [-0.3, -0.25) is 0 Å². The Kier molecular flexibility index (Phi) is 3.51. The van der Waals surface area contributed by atoms with Crippen LogP contribution in [0, 0.1) is 0 Å². The molecule has 0 saturated heterocycles. The highest BCUT2D eigenvalue weighted by Crippen LogP contribution is 2.14. The first-order chi connectivity index (χ1) is 7.78. The molecule has 0 amide bonds. The van der Waals surface area contributed by atoms with Crippen LogP contribution >= 0.6 is 15.9 Å². The first kappa shape index (κ1) is 11.1. The van der Waals surface area contributed by atoms with Crippen molar-refractivity contribution in [1.82, 2.24) is 4.98 Å². The molecule has 0 fully saturated rings. The molecule has 0 aliphatic heterocycles. The number of hydrogen-bond acceptors (Lipinski definition) is 3. The number of aldehydes is 1. The van der Waals surface area contributed by atoms with Gasteiger partial charge in [-0.15, -0.1) is 0 Å². The van der Waals surface area contributed by atoms with Gasteiger partial charge >= 0.3 is 0 Å². The molecule has 2 rings (SSSR count). The number of benzene rings is 1. The van der Waals surface area contributed by atoms with E-state index >= 15 is 0 Å². The molecule has 0 saturated carbocycles. The monoisotopic (exact) mass is 279 g/mol. The number of nitrogens with zero attached hydrogens (tertiary/aromatic N) is 1. The second-order valence-corrected chi connectivity index (χ2v) is 4.32. The van der Waals surface area contributed by atoms with Gasteiger partial charge in [0.05, 0.1) is 5.69 Å². The highest BCUT2D eigenvalue weighted by atomic mass is 79.9. The zero-order valence-corrected chi connectivity index (χ0v) is 10.1. The van der Waals surface area contributed by atoms with E-state index in [1.54, 1.807) is 0 Å². The molecule has 1 heterocycles. The Morgan fingerprint density at radius 1 is 1.31 bits per heavy atom. The van der Waals surface area contributed by atoms with Gasteiger partial charge in [-0.05, 0) is 17.7 Å². The van der Waals surface area contributed by atoms with Gasteiger partial charge in [-0.1, -0.05) is 28.1 Å². The van der Waals surface area contributed by atoms with E-state index in [-0.39, 0.29) is 0 Å². The lowest BCUT2D eigenvalue weighted by molar-refractivity contribution is -0.107. The Labute approximate surface area is 102 Å². The summed E-state index contributed by atoms with van der Waals surface area (Å²) in [7, 11) is 0. The summed E-state index contributed by atoms with van der Waals surface area (Å²) in [5.74, 6) is 0.638. The minimum atomic E-state index is 0.309. The number of oxazole rings is 1. The predicted octanol–water partition coefficient (Wildman–Crippen LogP) is 2.77. The molecule has 3 nitrogen and oxygen atoms in total. The summed E-state index contributed by atoms with van der Waals surface area (Å²) >= 11 is 3.38. The molecule has 2 aromatic rings. The maximum absolute atomic E-state index is 10.3. The fraction of sp³-hybridized carbons (Fsp3) is 0.167. The van der Waals surface area contributed by atoms with Crippen molar-refractivity contribution >= 4 is 22.2 Å². The molecule has 0 atom stereocenters. The second kappa shape index (κ2) is 5.07. The molecule has 0 aliphatic rings. The van der Waals surface area contributed by atoms with Crippen molar-refractivity contribution in [2.24, 2.45) is 0 Å². The summed E-state index contributed by atoms with van der Waals surface area (Å²) in [5, 5.41) is 0. The molecule has 0 spiro atoms. The highest BCUT2D eigenvalue weighted by molar-refractivity contribution is 9.10. The summed E-state index contributed by atoms with van der Waals surface area (Å²) in [6.45, 7) is 0. The highest BCUT2D eigenvalue weighted by Gasteiger charge is 2.04. The molecule has 4 heteroatoms. The number of carbonyl (C=O) groups is 1. The maximum atomic E-state index is 10.3. The molecule has 82 valence electrons. The van der Waals surface area contributed by atoms with E-state index < -0.39 is 0 Å². The van der Waals surface area contributed by atoms with Crippen molar-refractivity contribution in [1.29, 1.82) is 0 Å². The largest absolute Gasteiger partial charge is 0.448 e. The summed E-state index contributed by atoms with van der Waals surface area (Å²) in [5.41, 5.74) is 1.81. The van der Waals surface area contributed by atoms with Crippen LogP contribution in [0.1, 0.15) is 17.1 Å². The number of hydrogen-bond donors (Lipinski definition) is 0. The van der Waals surface area contributed by atoms with E-state index in [4.69, 9.17) is 4.42 Å². The van der Waals surface area contributed by atoms with E-state index in [1.807, 2.05) is 24.3 Å². The molecule has 0 bridgehead atoms. The zero-order chi connectivity index (χ0) is 11.4. The van der Waals surface area contributed by atoms with Crippen LogP contribution in [0.25, 0.3) is 0 Å². The van der Waals surface area contributed by atoms with Crippen molar-refractivity contribution in [3.63, 3.8) is 0 Å². The molecule has 1 aromatic carbocycles. The van der Waals surface area contributed by atoms with Gasteiger partial charge in [0.2, 0.25) is 0 Å². The third-order valence-corrected chi connectivity index (χ3v) is 2.69. The normalized spacial score (nSPS) is 10.3. The Hall–Kier alpha value is -1.42. The lowest BCUT2D eigenvalue weighted by Gasteiger charge is -1.96. The van der Waals surface area contributed by atoms with Gasteiger partial charge in [-0.25, -0.2) is 4.98 Å². The SMILES string of the molecule is O=CCc1coc(Cc2ccc(Br)cc2)n1. The van der Waals surface area contributed by atoms with Crippen LogP contribution < -0.4 is 0 Å². The molecule has 16 heavy (non-hydrogen) atoms. The molecule has 0 radical (unpaired) electrons. The van der Waals surface area contributed by atoms with Crippen molar-refractivity contribution < 1.29 is 9.21 Å². The first-order valence-corrected chi connectivity index (χ1v) is 5.68. The average Bonchev–Trinajstić information content (AvgIpc) is 2.70. The number of halogens is 1. The second-order valence-electron chi connectivity index (χ2n) is 3.41. The summed E-state index contributed by atoms with van der Waals surface area (Å²) in [6, 6.07) is 7.97. The first-order valence-electron chi connectivity index (χ1n) is 4.89. The van der Waals surface area contributed by atoms with Crippen LogP contribution in [0.5, 0.6) is 0 Å². The molecule has 0 N–H and O–H groups in total. The smallest absolute Gasteiger partial charge is 0.198 e. The third kappa shape index (κ3) is 2.79. The third-order valence-electron chi connectivity index (χ3n) is 2.16. The van der Waals surface area contributed by atoms with Crippen LogP contribution in [0.4, 0.5) is 0 Å². The topological polar surface area (TPSA) is 43.1 Å². The van der Waals surface area contributed by atoms with Crippen molar-refractivity contribution in [2.45, 2.75) is 12.8 Å². The van der Waals surface area contributed by atoms with Crippen molar-refractivity contribution in [2.75, 3.05) is 0 Å². The summed E-state index contributed by atoms with van der Waals surface area (Å²) < 4.78 is 6.32. The fourth-order valence-electron chi connectivity index (χ4n) is 1.39. The summed E-state index contributed by atoms with van der Waals surface area (Å²) in [6.07, 6.45) is 3.31. The van der Waals surface area contributed by atoms with E-state index in [2.05, 4.69) is 20.9 Å². The van der Waals surface area contributed by atoms with Crippen LogP contribution in [-0.2, 0) is 17.6 Å². The lowest BCUT2D eigenvalue weighted by Crippen LogP contribution is -1.90. The van der Waals surface area contributed by atoms with Gasteiger partial charge in [0.1, 0.15) is 12.5 Å². The van der Waals surface area contributed by atoms with Crippen molar-refractivity contribution in [3.8, 4) is 0 Å². The lowest BCUT2D eigenvalue weighted by atomic mass is 10.1. The van der Waals surface area contributed by atoms with Crippen LogP contribution in [-0.4, -0.2) is 11.3 Å². The number of aromatic nitrogens is 1. The van der Waals surface area contributed by atoms with Crippen LogP contribution in [0.3, 0.4) is 0 Å². The molecule has 0 aliphatic carbocycles. The van der Waals surface area contributed by atoms with Gasteiger partial charge in [-0.2, -0.15) is 0 Å². The molecule has 1 aromatic heterocycles. The van der Waals surface area contributed by atoms with Gasteiger partial charge in [0.25, 0.3) is 0 Å². The molecular weight excluding hydrogens is 270 g/mol. The minimum absolute atomic E-state index is 0.309. The van der Waals surface area contributed by atoms with Gasteiger partial charge in [0, 0.05) is 17.3 Å². The van der Waals surface area contributed by atoms with Gasteiger partial charge < -0.3 is 9.21 Å². The Morgan fingerprint density at radius 2 is 2.06 bits per heavy atom. The average molecular weight is 280 g/mol. The number of rotatable bonds is 4. The quantitative estimate of drug-likeness (QED) is 0.809. The molecule has 0 unspecified atom stereocenters. The van der Waals surface area contributed by atoms with E-state index in [0.29, 0.717) is 24.4 Å². The van der Waals surface area contributed by atoms with Crippen molar-refractivity contribution in [3.05, 3.63) is 52.1 Å². The standard InChI is InChI=1S/C12H10BrNO2/c13-10-3-1-9(2-4-10)7-12-14-11(5-6-15)8-16-12/h1-4,6,8H,5,7H2. The minimum Gasteiger partial charge on any atom is -0.448 e. The van der Waals surface area contributed by atoms with E-state index in [9.17, 15) is 4.79 Å². The van der Waals surface area contributed by atoms with Gasteiger partial charge in [0.15, 0.2) is 5.89 Å². The summed E-state index contributed by atoms with van der Waals surface area (Å²) in [4.78, 5) is 14.5. The molecular formula is C12H10BrNO2. The Bertz CT molecular complexity index is 476. The zero-order valence-electron chi connectivity index (χ0n) is 8.52.